The zero-order chi connectivity index (χ0) is 13.8. The van der Waals surface area contributed by atoms with Gasteiger partial charge in [0.05, 0.1) is 0 Å². The summed E-state index contributed by atoms with van der Waals surface area (Å²) in [5.74, 6) is 6.08. The molecule has 2 rings (SSSR count). The smallest absolute Gasteiger partial charge is 0.251 e. The van der Waals surface area contributed by atoms with E-state index in [1.165, 1.54) is 12.8 Å². The van der Waals surface area contributed by atoms with Crippen LogP contribution in [-0.2, 0) is 0 Å². The molecule has 1 aliphatic rings. The van der Waals surface area contributed by atoms with Gasteiger partial charge in [-0.25, -0.2) is 0 Å². The first-order valence-electron chi connectivity index (χ1n) is 6.63. The Kier molecular flexibility index (Phi) is 4.24. The Morgan fingerprint density at radius 2 is 2.26 bits per heavy atom. The summed E-state index contributed by atoms with van der Waals surface area (Å²) in [7, 11) is 0. The fourth-order valence-electron chi connectivity index (χ4n) is 2.15. The summed E-state index contributed by atoms with van der Waals surface area (Å²) in [4.78, 5) is 12.2. The molecule has 1 unspecified atom stereocenters. The second-order valence-electron chi connectivity index (χ2n) is 5.04. The van der Waals surface area contributed by atoms with Crippen molar-refractivity contribution in [2.24, 2.45) is 5.92 Å². The molecule has 1 fully saturated rings. The molecule has 1 atom stereocenters. The van der Waals surface area contributed by atoms with Crippen LogP contribution in [0.25, 0.3) is 0 Å². The Hall–Kier alpha value is -1.79. The van der Waals surface area contributed by atoms with Crippen LogP contribution in [0.5, 0.6) is 0 Å². The SMILES string of the molecule is Cc1c(C#CCO)cccc1C(=O)NC(C)C1CC1. The van der Waals surface area contributed by atoms with E-state index in [1.807, 2.05) is 25.1 Å². The van der Waals surface area contributed by atoms with Crippen LogP contribution in [-0.4, -0.2) is 23.7 Å². The van der Waals surface area contributed by atoms with Gasteiger partial charge in [-0.15, -0.1) is 0 Å². The molecule has 0 spiro atoms. The minimum atomic E-state index is -0.172. The Morgan fingerprint density at radius 1 is 1.53 bits per heavy atom. The molecule has 0 radical (unpaired) electrons. The molecule has 19 heavy (non-hydrogen) atoms. The molecule has 3 heteroatoms. The number of benzene rings is 1. The first kappa shape index (κ1) is 13.6. The highest BCUT2D eigenvalue weighted by Crippen LogP contribution is 2.32. The van der Waals surface area contributed by atoms with Crippen LogP contribution in [0.2, 0.25) is 0 Å². The maximum Gasteiger partial charge on any atom is 0.251 e. The summed E-state index contributed by atoms with van der Waals surface area (Å²) in [6.07, 6.45) is 2.42. The van der Waals surface area contributed by atoms with Gasteiger partial charge in [-0.3, -0.25) is 4.79 Å². The van der Waals surface area contributed by atoms with Crippen LogP contribution in [0.4, 0.5) is 0 Å². The molecule has 1 aromatic rings. The van der Waals surface area contributed by atoms with Crippen molar-refractivity contribution < 1.29 is 9.90 Å². The van der Waals surface area contributed by atoms with Gasteiger partial charge in [-0.05, 0) is 50.3 Å². The lowest BCUT2D eigenvalue weighted by molar-refractivity contribution is 0.0935. The van der Waals surface area contributed by atoms with Crippen molar-refractivity contribution in [1.29, 1.82) is 0 Å². The predicted octanol–water partition coefficient (Wildman–Crippen LogP) is 1.87. The van der Waals surface area contributed by atoms with E-state index in [-0.39, 0.29) is 18.6 Å². The number of carbonyl (C=O) groups is 1. The van der Waals surface area contributed by atoms with Crippen molar-refractivity contribution in [2.75, 3.05) is 6.61 Å². The monoisotopic (exact) mass is 257 g/mol. The summed E-state index contributed by atoms with van der Waals surface area (Å²) in [6, 6.07) is 5.73. The second-order valence-corrected chi connectivity index (χ2v) is 5.04. The number of aliphatic hydroxyl groups is 1. The fourth-order valence-corrected chi connectivity index (χ4v) is 2.15. The van der Waals surface area contributed by atoms with Crippen molar-refractivity contribution in [3.63, 3.8) is 0 Å². The highest BCUT2D eigenvalue weighted by molar-refractivity contribution is 5.96. The van der Waals surface area contributed by atoms with Crippen molar-refractivity contribution in [2.45, 2.75) is 32.7 Å². The molecule has 0 heterocycles. The lowest BCUT2D eigenvalue weighted by atomic mass is 10.0. The van der Waals surface area contributed by atoms with Gasteiger partial charge < -0.3 is 10.4 Å². The number of hydrogen-bond acceptors (Lipinski definition) is 2. The first-order chi connectivity index (χ1) is 9.13. The van der Waals surface area contributed by atoms with Gasteiger partial charge in [0, 0.05) is 17.2 Å². The third kappa shape index (κ3) is 3.36. The molecule has 0 aliphatic heterocycles. The number of hydrogen-bond donors (Lipinski definition) is 2. The molecular formula is C16H19NO2. The Bertz CT molecular complexity index is 535. The number of aliphatic hydroxyl groups excluding tert-OH is 1. The highest BCUT2D eigenvalue weighted by atomic mass is 16.2. The van der Waals surface area contributed by atoms with E-state index >= 15 is 0 Å². The molecule has 3 nitrogen and oxygen atoms in total. The fraction of sp³-hybridized carbons (Fsp3) is 0.438. The van der Waals surface area contributed by atoms with E-state index in [0.29, 0.717) is 11.5 Å². The first-order valence-corrected chi connectivity index (χ1v) is 6.63. The van der Waals surface area contributed by atoms with Gasteiger partial charge in [-0.2, -0.15) is 0 Å². The largest absolute Gasteiger partial charge is 0.384 e. The van der Waals surface area contributed by atoms with E-state index in [0.717, 1.165) is 11.1 Å². The van der Waals surface area contributed by atoms with Crippen LogP contribution in [0.3, 0.4) is 0 Å². The standard InChI is InChI=1S/C16H19NO2/c1-11-13(6-4-10-18)5-3-7-15(11)16(19)17-12(2)14-8-9-14/h3,5,7,12,14,18H,8-10H2,1-2H3,(H,17,19). The summed E-state index contributed by atoms with van der Waals surface area (Å²) in [5, 5.41) is 11.8. The van der Waals surface area contributed by atoms with Gasteiger partial charge in [0.15, 0.2) is 0 Å². The summed E-state index contributed by atoms with van der Waals surface area (Å²) >= 11 is 0. The van der Waals surface area contributed by atoms with E-state index in [4.69, 9.17) is 5.11 Å². The minimum Gasteiger partial charge on any atom is -0.384 e. The number of rotatable bonds is 3. The van der Waals surface area contributed by atoms with Gasteiger partial charge >= 0.3 is 0 Å². The Labute approximate surface area is 114 Å². The molecule has 0 saturated heterocycles. The van der Waals surface area contributed by atoms with Gasteiger partial charge in [0.1, 0.15) is 6.61 Å². The normalized spacial score (nSPS) is 15.3. The second kappa shape index (κ2) is 5.90. The van der Waals surface area contributed by atoms with Crippen LogP contribution < -0.4 is 5.32 Å². The number of nitrogens with one attached hydrogen (secondary N) is 1. The van der Waals surface area contributed by atoms with E-state index in [2.05, 4.69) is 24.1 Å². The predicted molar refractivity (Wildman–Crippen MR) is 74.8 cm³/mol. The molecule has 1 aliphatic carbocycles. The number of amides is 1. The Balaban J connectivity index is 2.16. The molecule has 0 bridgehead atoms. The van der Waals surface area contributed by atoms with E-state index in [1.54, 1.807) is 0 Å². The highest BCUT2D eigenvalue weighted by Gasteiger charge is 2.29. The molecular weight excluding hydrogens is 238 g/mol. The van der Waals surface area contributed by atoms with Crippen molar-refractivity contribution in [1.82, 2.24) is 5.32 Å². The zero-order valence-corrected chi connectivity index (χ0v) is 11.4. The van der Waals surface area contributed by atoms with Crippen molar-refractivity contribution in [3.05, 3.63) is 34.9 Å². The quantitative estimate of drug-likeness (QED) is 0.812. The van der Waals surface area contributed by atoms with E-state index in [9.17, 15) is 4.79 Å². The Morgan fingerprint density at radius 3 is 2.89 bits per heavy atom. The average molecular weight is 257 g/mol. The van der Waals surface area contributed by atoms with Crippen LogP contribution in [0.15, 0.2) is 18.2 Å². The molecule has 1 amide bonds. The lowest BCUT2D eigenvalue weighted by Crippen LogP contribution is -2.34. The van der Waals surface area contributed by atoms with Gasteiger partial charge in [-0.1, -0.05) is 17.9 Å². The van der Waals surface area contributed by atoms with Crippen LogP contribution in [0.1, 0.15) is 41.3 Å². The number of carbonyl (C=O) groups excluding carboxylic acids is 1. The summed E-state index contributed by atoms with van der Waals surface area (Å²) in [5.41, 5.74) is 2.32. The van der Waals surface area contributed by atoms with E-state index < -0.39 is 0 Å². The topological polar surface area (TPSA) is 49.3 Å². The summed E-state index contributed by atoms with van der Waals surface area (Å²) < 4.78 is 0. The third-order valence-corrected chi connectivity index (χ3v) is 3.57. The molecule has 1 aromatic carbocycles. The average Bonchev–Trinajstić information content (AvgIpc) is 3.21. The lowest BCUT2D eigenvalue weighted by Gasteiger charge is -2.14. The van der Waals surface area contributed by atoms with Gasteiger partial charge in [0.25, 0.3) is 5.91 Å². The minimum absolute atomic E-state index is 0.0375. The maximum atomic E-state index is 12.2. The maximum absolute atomic E-state index is 12.2. The van der Waals surface area contributed by atoms with Crippen LogP contribution >= 0.6 is 0 Å². The zero-order valence-electron chi connectivity index (χ0n) is 11.4. The van der Waals surface area contributed by atoms with Crippen molar-refractivity contribution >= 4 is 5.91 Å². The third-order valence-electron chi connectivity index (χ3n) is 3.57. The molecule has 100 valence electrons. The van der Waals surface area contributed by atoms with Gasteiger partial charge in [0.2, 0.25) is 0 Å². The molecule has 2 N–H and O–H groups in total. The molecule has 0 aromatic heterocycles. The van der Waals surface area contributed by atoms with Crippen LogP contribution in [0, 0.1) is 24.7 Å². The van der Waals surface area contributed by atoms with Crippen molar-refractivity contribution in [3.8, 4) is 11.8 Å². The molecule has 1 saturated carbocycles. The summed E-state index contributed by atoms with van der Waals surface area (Å²) in [6.45, 7) is 3.77.